The predicted octanol–water partition coefficient (Wildman–Crippen LogP) is 1.86. The van der Waals surface area contributed by atoms with Crippen LogP contribution in [0, 0.1) is 0 Å². The number of hydrogen-bond acceptors (Lipinski definition) is 9. The Morgan fingerprint density at radius 3 is 2.56 bits per heavy atom. The largest absolute Gasteiger partial charge is 0.386 e. The van der Waals surface area contributed by atoms with Gasteiger partial charge in [-0.3, -0.25) is 18.6 Å². The molecule has 13 heteroatoms. The van der Waals surface area contributed by atoms with E-state index in [-0.39, 0.29) is 39.2 Å². The highest BCUT2D eigenvalue weighted by Gasteiger charge is 2.53. The molecule has 3 saturated heterocycles. The molecule has 0 radical (unpaired) electrons. The molecule has 1 saturated carbocycles. The van der Waals surface area contributed by atoms with Gasteiger partial charge < -0.3 is 31.3 Å². The lowest BCUT2D eigenvalue weighted by atomic mass is 9.78. The minimum absolute atomic E-state index is 0.0534. The highest BCUT2D eigenvalue weighted by molar-refractivity contribution is 8.18. The Hall–Kier alpha value is -2.09. The number of rotatable bonds is 10. The molecule has 5 aliphatic rings. The molecule has 3 amide bonds. The summed E-state index contributed by atoms with van der Waals surface area (Å²) in [6, 6.07) is -2.35. The molecule has 5 N–H and O–H groups in total. The third-order valence-electron chi connectivity index (χ3n) is 9.95. The number of thioether (sulfide) groups is 2. The molecule has 0 aromatic heterocycles. The molecule has 6 atom stereocenters. The first-order chi connectivity index (χ1) is 21.4. The number of hydrogen-bond donors (Lipinski definition) is 5. The summed E-state index contributed by atoms with van der Waals surface area (Å²) in [5, 5.41) is 23.6. The number of likely N-dealkylation sites (tertiary alicyclic amines) is 1. The molecule has 4 heterocycles. The van der Waals surface area contributed by atoms with Crippen molar-refractivity contribution < 1.29 is 23.7 Å². The summed E-state index contributed by atoms with van der Waals surface area (Å²) < 4.78 is 13.2. The maximum atomic E-state index is 14.2. The van der Waals surface area contributed by atoms with Crippen LogP contribution in [0.3, 0.4) is 0 Å². The van der Waals surface area contributed by atoms with Crippen molar-refractivity contribution >= 4 is 56.6 Å². The predicted molar refractivity (Wildman–Crippen MR) is 185 cm³/mol. The normalized spacial score (nSPS) is 32.7. The molecule has 0 bridgehead atoms. The Balaban J connectivity index is 1.31. The monoisotopic (exact) mass is 679 g/mol. The van der Waals surface area contributed by atoms with Crippen molar-refractivity contribution in [3.8, 4) is 0 Å². The second-order valence-corrected chi connectivity index (χ2v) is 19.1. The zero-order chi connectivity index (χ0) is 32.4. The van der Waals surface area contributed by atoms with Gasteiger partial charge in [0.2, 0.25) is 17.7 Å². The van der Waals surface area contributed by atoms with Crippen LogP contribution in [0.25, 0.3) is 0 Å². The van der Waals surface area contributed by atoms with E-state index in [0.717, 1.165) is 62.9 Å². The van der Waals surface area contributed by atoms with Gasteiger partial charge in [-0.1, -0.05) is 31.9 Å². The fourth-order valence-electron chi connectivity index (χ4n) is 7.57. The van der Waals surface area contributed by atoms with E-state index in [1.807, 2.05) is 0 Å². The van der Waals surface area contributed by atoms with Gasteiger partial charge >= 0.3 is 0 Å². The van der Waals surface area contributed by atoms with E-state index in [4.69, 9.17) is 0 Å². The summed E-state index contributed by atoms with van der Waals surface area (Å²) in [5.41, 5.74) is -0.175. The number of nitrogens with zero attached hydrogens (tertiary/aromatic N) is 1. The van der Waals surface area contributed by atoms with Crippen molar-refractivity contribution in [1.29, 1.82) is 0 Å². The van der Waals surface area contributed by atoms with E-state index in [0.29, 0.717) is 24.5 Å². The number of nitrogens with one attached hydrogen (secondary N) is 4. The van der Waals surface area contributed by atoms with Crippen molar-refractivity contribution in [2.45, 2.75) is 104 Å². The SMILES string of the molecule is C=CCNC(=O)C(=C)C(C)NC(=O)C1CC2(CN1C(=O)C1NC(NC3(C4CCCS4(=C)=O)CCCCC3)=CC1O)SCCCS2. The van der Waals surface area contributed by atoms with Crippen molar-refractivity contribution in [3.63, 3.8) is 0 Å². The Bertz CT molecular complexity index is 1320. The Morgan fingerprint density at radius 1 is 1.20 bits per heavy atom. The van der Waals surface area contributed by atoms with E-state index < -0.39 is 39.3 Å². The average Bonchev–Trinajstić information content (AvgIpc) is 3.69. The molecule has 6 unspecified atom stereocenters. The summed E-state index contributed by atoms with van der Waals surface area (Å²) in [4.78, 5) is 42.0. The highest BCUT2D eigenvalue weighted by Crippen LogP contribution is 2.50. The molecule has 45 heavy (non-hydrogen) atoms. The van der Waals surface area contributed by atoms with E-state index in [9.17, 15) is 23.7 Å². The Morgan fingerprint density at radius 2 is 1.91 bits per heavy atom. The van der Waals surface area contributed by atoms with Crippen molar-refractivity contribution in [1.82, 2.24) is 26.2 Å². The smallest absolute Gasteiger partial charge is 0.248 e. The molecule has 250 valence electrons. The second kappa shape index (κ2) is 13.9. The third-order valence-corrected chi connectivity index (χ3v) is 16.0. The van der Waals surface area contributed by atoms with Gasteiger partial charge in [-0.25, -0.2) is 0 Å². The summed E-state index contributed by atoms with van der Waals surface area (Å²) in [6.45, 7) is 9.85. The Kier molecular flexibility index (Phi) is 10.6. The molecular formula is C32H49N5O5S3. The first kappa shape index (κ1) is 34.3. The van der Waals surface area contributed by atoms with Crippen LogP contribution in [0.2, 0.25) is 0 Å². The highest BCUT2D eigenvalue weighted by atomic mass is 32.2. The van der Waals surface area contributed by atoms with E-state index in [2.05, 4.69) is 40.3 Å². The maximum Gasteiger partial charge on any atom is 0.248 e. The quantitative estimate of drug-likeness (QED) is 0.133. The minimum Gasteiger partial charge on any atom is -0.386 e. The fourth-order valence-corrected chi connectivity index (χ4v) is 13.6. The Labute approximate surface area is 276 Å². The molecular weight excluding hydrogens is 631 g/mol. The third kappa shape index (κ3) is 7.26. The number of carbonyl (C=O) groups is 3. The van der Waals surface area contributed by atoms with Crippen molar-refractivity contribution in [2.75, 3.05) is 30.3 Å². The lowest BCUT2D eigenvalue weighted by Gasteiger charge is -2.44. The van der Waals surface area contributed by atoms with E-state index in [1.54, 1.807) is 47.5 Å². The molecule has 0 aromatic carbocycles. The van der Waals surface area contributed by atoms with Gasteiger partial charge in [-0.15, -0.1) is 30.1 Å². The van der Waals surface area contributed by atoms with Crippen LogP contribution < -0.4 is 21.3 Å². The number of amides is 3. The van der Waals surface area contributed by atoms with Crippen molar-refractivity contribution in [3.05, 3.63) is 36.7 Å². The lowest BCUT2D eigenvalue weighted by molar-refractivity contribution is -0.141. The molecule has 1 aliphatic carbocycles. The zero-order valence-electron chi connectivity index (χ0n) is 26.3. The maximum absolute atomic E-state index is 14.2. The van der Waals surface area contributed by atoms with Crippen LogP contribution in [0.15, 0.2) is 36.7 Å². The van der Waals surface area contributed by atoms with Crippen LogP contribution in [0.5, 0.6) is 0 Å². The van der Waals surface area contributed by atoms with Gasteiger partial charge in [0, 0.05) is 30.8 Å². The summed E-state index contributed by atoms with van der Waals surface area (Å²) >= 11 is 3.58. The van der Waals surface area contributed by atoms with E-state index in [1.165, 1.54) is 0 Å². The molecule has 0 aromatic rings. The topological polar surface area (TPSA) is 140 Å². The van der Waals surface area contributed by atoms with E-state index >= 15 is 0 Å². The van der Waals surface area contributed by atoms with Gasteiger partial charge in [-0.05, 0) is 72.0 Å². The molecule has 1 spiro atoms. The minimum atomic E-state index is -2.24. The summed E-state index contributed by atoms with van der Waals surface area (Å²) in [6.07, 6.45) is 10.4. The zero-order valence-corrected chi connectivity index (χ0v) is 28.8. The summed E-state index contributed by atoms with van der Waals surface area (Å²) in [7, 11) is -2.24. The van der Waals surface area contributed by atoms with Crippen LogP contribution in [0.1, 0.15) is 64.7 Å². The van der Waals surface area contributed by atoms with Crippen LogP contribution >= 0.6 is 23.5 Å². The van der Waals surface area contributed by atoms with Crippen molar-refractivity contribution in [2.24, 2.45) is 0 Å². The first-order valence-corrected chi connectivity index (χ1v) is 20.1. The summed E-state index contributed by atoms with van der Waals surface area (Å²) in [5.74, 6) is 6.22. The van der Waals surface area contributed by atoms with Crippen LogP contribution in [0.4, 0.5) is 0 Å². The second-order valence-electron chi connectivity index (χ2n) is 13.1. The number of aliphatic hydroxyl groups is 1. The van der Waals surface area contributed by atoms with Gasteiger partial charge in [0.25, 0.3) is 0 Å². The number of carbonyl (C=O) groups excluding carboxylic acids is 3. The standard InChI is InChI=1S/C32H49N5O5S3/c1-5-14-33-28(39)21(2)22(3)34-29(40)23-19-32(43-15-10-16-44-32)20-37(23)30(41)27-24(38)18-26(35-27)36-31(12-7-6-8-13-31)25-11-9-17-45(25,4)42/h5,18,22-25,27,35-36,38H,1-2,4,6-17,19-20H2,3H3,(H,33,39)(H,34,40). The first-order valence-electron chi connectivity index (χ1n) is 16.2. The molecule has 4 fully saturated rings. The lowest BCUT2D eigenvalue weighted by Crippen LogP contribution is -2.59. The van der Waals surface area contributed by atoms with Gasteiger partial charge in [0.1, 0.15) is 18.2 Å². The fraction of sp³-hybridized carbons (Fsp3) is 0.688. The van der Waals surface area contributed by atoms with Crippen LogP contribution in [-0.4, -0.2) is 107 Å². The molecule has 5 rings (SSSR count). The van der Waals surface area contributed by atoms with Gasteiger partial charge in [-0.2, -0.15) is 0 Å². The average molecular weight is 680 g/mol. The molecule has 10 nitrogen and oxygen atoms in total. The van der Waals surface area contributed by atoms with Gasteiger partial charge in [0.15, 0.2) is 0 Å². The molecule has 4 aliphatic heterocycles. The van der Waals surface area contributed by atoms with Gasteiger partial charge in [0.05, 0.1) is 26.7 Å². The van der Waals surface area contributed by atoms with Crippen LogP contribution in [-0.2, 0) is 23.9 Å². The number of aliphatic hydroxyl groups excluding tert-OH is 1.